The number of unbranched alkanes of at least 4 members (excludes halogenated alkanes) is 6. The molecule has 9 heteroatoms. The topological polar surface area (TPSA) is 122 Å². The molecular weight excluding hydrogens is 392 g/mol. The molecule has 5 amide bonds. The molecule has 0 radical (unpaired) electrons. The summed E-state index contributed by atoms with van der Waals surface area (Å²) in [5, 5.41) is 5.11. The fourth-order valence-corrected chi connectivity index (χ4v) is 4.23. The van der Waals surface area contributed by atoms with Crippen molar-refractivity contribution in [3.05, 3.63) is 0 Å². The molecule has 0 spiro atoms. The molecular formula is C20H36N4O4S. The Kier molecular flexibility index (Phi) is 11.1. The van der Waals surface area contributed by atoms with E-state index in [1.807, 2.05) is 6.92 Å². The third-order valence-electron chi connectivity index (χ3n) is 4.99. The van der Waals surface area contributed by atoms with Gasteiger partial charge in [0.25, 0.3) is 0 Å². The van der Waals surface area contributed by atoms with Gasteiger partial charge in [-0.2, -0.15) is 0 Å². The van der Waals surface area contributed by atoms with Gasteiger partial charge in [-0.3, -0.25) is 19.3 Å². The first-order chi connectivity index (χ1) is 13.7. The van der Waals surface area contributed by atoms with Crippen LogP contribution in [0.3, 0.4) is 0 Å². The molecule has 166 valence electrons. The van der Waals surface area contributed by atoms with E-state index in [0.29, 0.717) is 19.5 Å². The summed E-state index contributed by atoms with van der Waals surface area (Å²) in [6.07, 6.45) is 7.89. The number of carbonyl (C=O) groups is 4. The summed E-state index contributed by atoms with van der Waals surface area (Å²) in [6, 6.07) is -0.379. The number of nitrogens with two attached hydrogens (primary N) is 1. The van der Waals surface area contributed by atoms with Gasteiger partial charge in [-0.15, -0.1) is 11.8 Å². The molecule has 1 fully saturated rings. The van der Waals surface area contributed by atoms with Crippen LogP contribution in [0.1, 0.15) is 72.1 Å². The van der Waals surface area contributed by atoms with Crippen molar-refractivity contribution in [3.8, 4) is 0 Å². The van der Waals surface area contributed by atoms with E-state index in [1.54, 1.807) is 25.6 Å². The summed E-state index contributed by atoms with van der Waals surface area (Å²) in [5.74, 6) is 0.279. The number of amides is 5. The van der Waals surface area contributed by atoms with Crippen LogP contribution in [0.15, 0.2) is 0 Å². The van der Waals surface area contributed by atoms with Crippen LogP contribution in [0, 0.1) is 0 Å². The van der Waals surface area contributed by atoms with Crippen molar-refractivity contribution in [1.29, 1.82) is 0 Å². The standard InChI is InChI=1S/C20H36N4O4S/c1-4-24-16(25)14-15(17(24)26)29-13-11-9-7-5-6-8-10-12-22-19(28)23-20(2,3)18(21)27/h15H,4-14H2,1-3H3,(H2,21,27)(H2,22,23,28). The van der Waals surface area contributed by atoms with Crippen molar-refractivity contribution in [2.75, 3.05) is 18.8 Å². The Bertz CT molecular complexity index is 583. The summed E-state index contributed by atoms with van der Waals surface area (Å²) in [4.78, 5) is 47.9. The van der Waals surface area contributed by atoms with Gasteiger partial charge in [0.1, 0.15) is 5.54 Å². The molecule has 0 aromatic carbocycles. The number of rotatable bonds is 14. The van der Waals surface area contributed by atoms with E-state index >= 15 is 0 Å². The molecule has 1 saturated heterocycles. The van der Waals surface area contributed by atoms with E-state index in [9.17, 15) is 19.2 Å². The lowest BCUT2D eigenvalue weighted by molar-refractivity contribution is -0.138. The van der Waals surface area contributed by atoms with E-state index in [-0.39, 0.29) is 23.1 Å². The number of likely N-dealkylation sites (tertiary alicyclic amines) is 1. The number of nitrogens with one attached hydrogen (secondary N) is 2. The first-order valence-electron chi connectivity index (χ1n) is 10.5. The Morgan fingerprint density at radius 2 is 1.69 bits per heavy atom. The van der Waals surface area contributed by atoms with Crippen LogP contribution in [0.5, 0.6) is 0 Å². The van der Waals surface area contributed by atoms with Crippen molar-refractivity contribution in [1.82, 2.24) is 15.5 Å². The molecule has 29 heavy (non-hydrogen) atoms. The molecule has 1 atom stereocenters. The SMILES string of the molecule is CCN1C(=O)CC(SCCCCCCCCCNC(=O)NC(C)(C)C(N)=O)C1=O. The molecule has 1 aliphatic rings. The zero-order valence-corrected chi connectivity index (χ0v) is 18.7. The van der Waals surface area contributed by atoms with E-state index in [1.165, 1.54) is 4.90 Å². The first-order valence-corrected chi connectivity index (χ1v) is 11.6. The van der Waals surface area contributed by atoms with E-state index in [2.05, 4.69) is 10.6 Å². The van der Waals surface area contributed by atoms with E-state index < -0.39 is 11.4 Å². The molecule has 0 bridgehead atoms. The van der Waals surface area contributed by atoms with Crippen molar-refractivity contribution in [2.45, 2.75) is 82.9 Å². The largest absolute Gasteiger partial charge is 0.368 e. The van der Waals surface area contributed by atoms with Gasteiger partial charge in [-0.1, -0.05) is 32.1 Å². The van der Waals surface area contributed by atoms with Gasteiger partial charge in [0.2, 0.25) is 17.7 Å². The van der Waals surface area contributed by atoms with Crippen LogP contribution in [-0.2, 0) is 14.4 Å². The van der Waals surface area contributed by atoms with Crippen LogP contribution in [0.4, 0.5) is 4.79 Å². The molecule has 1 rings (SSSR count). The fraction of sp³-hybridized carbons (Fsp3) is 0.800. The van der Waals surface area contributed by atoms with Gasteiger partial charge in [0.15, 0.2) is 0 Å². The number of imide groups is 1. The van der Waals surface area contributed by atoms with E-state index in [4.69, 9.17) is 5.73 Å². The number of nitrogens with zero attached hydrogens (tertiary/aromatic N) is 1. The normalized spacial score (nSPS) is 16.9. The maximum atomic E-state index is 12.0. The second-order valence-corrected chi connectivity index (χ2v) is 9.20. The summed E-state index contributed by atoms with van der Waals surface area (Å²) in [5.41, 5.74) is 4.16. The van der Waals surface area contributed by atoms with Crippen molar-refractivity contribution in [3.63, 3.8) is 0 Å². The predicted molar refractivity (Wildman–Crippen MR) is 115 cm³/mol. The van der Waals surface area contributed by atoms with Gasteiger partial charge in [-0.05, 0) is 39.4 Å². The average Bonchev–Trinajstić information content (AvgIpc) is 2.91. The fourth-order valence-electron chi connectivity index (χ4n) is 3.04. The number of carbonyl (C=O) groups excluding carboxylic acids is 4. The van der Waals surface area contributed by atoms with Gasteiger partial charge in [0.05, 0.1) is 5.25 Å². The van der Waals surface area contributed by atoms with Gasteiger partial charge in [-0.25, -0.2) is 4.79 Å². The predicted octanol–water partition coefficient (Wildman–Crippen LogP) is 2.16. The third kappa shape index (κ3) is 9.06. The lowest BCUT2D eigenvalue weighted by atomic mass is 10.1. The highest BCUT2D eigenvalue weighted by Crippen LogP contribution is 2.26. The molecule has 0 saturated carbocycles. The number of hydrogen-bond acceptors (Lipinski definition) is 5. The maximum Gasteiger partial charge on any atom is 0.315 e. The highest BCUT2D eigenvalue weighted by atomic mass is 32.2. The monoisotopic (exact) mass is 428 g/mol. The van der Waals surface area contributed by atoms with Crippen LogP contribution >= 0.6 is 11.8 Å². The summed E-state index contributed by atoms with van der Waals surface area (Å²) in [6.45, 7) is 6.01. The smallest absolute Gasteiger partial charge is 0.315 e. The quantitative estimate of drug-likeness (QED) is 0.289. The van der Waals surface area contributed by atoms with Gasteiger partial charge >= 0.3 is 6.03 Å². The Morgan fingerprint density at radius 3 is 2.24 bits per heavy atom. The number of primary amides is 1. The zero-order valence-electron chi connectivity index (χ0n) is 17.9. The molecule has 0 aliphatic carbocycles. The van der Waals surface area contributed by atoms with Crippen molar-refractivity contribution < 1.29 is 19.2 Å². The summed E-state index contributed by atoms with van der Waals surface area (Å²) < 4.78 is 0. The lowest BCUT2D eigenvalue weighted by Crippen LogP contribution is -2.55. The van der Waals surface area contributed by atoms with Gasteiger partial charge < -0.3 is 16.4 Å². The Balaban J connectivity index is 1.94. The second kappa shape index (κ2) is 12.7. The highest BCUT2D eigenvalue weighted by Gasteiger charge is 2.37. The van der Waals surface area contributed by atoms with Gasteiger partial charge in [0, 0.05) is 19.5 Å². The van der Waals surface area contributed by atoms with Crippen molar-refractivity contribution >= 4 is 35.5 Å². The summed E-state index contributed by atoms with van der Waals surface area (Å²) >= 11 is 1.61. The molecule has 0 aromatic heterocycles. The Morgan fingerprint density at radius 1 is 1.10 bits per heavy atom. The third-order valence-corrected chi connectivity index (χ3v) is 6.28. The van der Waals surface area contributed by atoms with Crippen molar-refractivity contribution in [2.24, 2.45) is 5.73 Å². The minimum atomic E-state index is -1.06. The lowest BCUT2D eigenvalue weighted by Gasteiger charge is -2.22. The molecule has 1 heterocycles. The molecule has 8 nitrogen and oxygen atoms in total. The maximum absolute atomic E-state index is 12.0. The number of urea groups is 1. The minimum Gasteiger partial charge on any atom is -0.368 e. The second-order valence-electron chi connectivity index (χ2n) is 7.88. The zero-order chi connectivity index (χ0) is 21.9. The minimum absolute atomic E-state index is 0.0250. The van der Waals surface area contributed by atoms with Crippen LogP contribution in [0.2, 0.25) is 0 Å². The van der Waals surface area contributed by atoms with E-state index in [0.717, 1.165) is 50.7 Å². The average molecular weight is 429 g/mol. The van der Waals surface area contributed by atoms with Crippen LogP contribution < -0.4 is 16.4 Å². The molecule has 4 N–H and O–H groups in total. The molecule has 1 unspecified atom stereocenters. The summed E-state index contributed by atoms with van der Waals surface area (Å²) in [7, 11) is 0. The van der Waals surface area contributed by atoms with Crippen LogP contribution in [-0.4, -0.2) is 58.3 Å². The number of hydrogen-bond donors (Lipinski definition) is 3. The van der Waals surface area contributed by atoms with Crippen LogP contribution in [0.25, 0.3) is 0 Å². The number of thioether (sulfide) groups is 1. The Labute approximate surface area is 178 Å². The molecule has 0 aromatic rings. The first kappa shape index (κ1) is 25.3. The highest BCUT2D eigenvalue weighted by molar-refractivity contribution is 8.00. The molecule has 1 aliphatic heterocycles. The Hall–Kier alpha value is -1.77.